The van der Waals surface area contributed by atoms with E-state index in [4.69, 9.17) is 4.74 Å². The van der Waals surface area contributed by atoms with Crippen LogP contribution in [-0.4, -0.2) is 11.6 Å². The minimum absolute atomic E-state index is 0.241. The average molecular weight is 261 g/mol. The second-order valence-electron chi connectivity index (χ2n) is 6.29. The summed E-state index contributed by atoms with van der Waals surface area (Å²) in [5.74, 6) is 0.961. The number of rotatable bonds is 5. The Morgan fingerprint density at radius 2 is 1.74 bits per heavy atom. The maximum atomic E-state index is 5.66. The molecule has 0 radical (unpaired) electrons. The van der Waals surface area contributed by atoms with E-state index < -0.39 is 0 Å². The van der Waals surface area contributed by atoms with E-state index in [1.165, 1.54) is 37.7 Å². The third-order valence-corrected chi connectivity index (χ3v) is 3.97. The van der Waals surface area contributed by atoms with Gasteiger partial charge in [0.25, 0.3) is 0 Å². The van der Waals surface area contributed by atoms with Crippen LogP contribution < -0.4 is 10.1 Å². The number of hydrogen-bond acceptors (Lipinski definition) is 2. The minimum atomic E-state index is 0.241. The van der Waals surface area contributed by atoms with E-state index in [2.05, 4.69) is 50.4 Å². The predicted octanol–water partition coefficient (Wildman–Crippen LogP) is 4.29. The summed E-state index contributed by atoms with van der Waals surface area (Å²) in [5.41, 5.74) is 1.67. The fraction of sp³-hybridized carbons (Fsp3) is 0.647. The highest BCUT2D eigenvalue weighted by molar-refractivity contribution is 5.27. The highest BCUT2D eigenvalue weighted by Crippen LogP contribution is 2.28. The van der Waals surface area contributed by atoms with E-state index in [1.807, 2.05) is 0 Å². The molecular formula is C17H27NO. The summed E-state index contributed by atoms with van der Waals surface area (Å²) in [5, 5.41) is 3.73. The van der Waals surface area contributed by atoms with Crippen molar-refractivity contribution in [3.8, 4) is 5.75 Å². The Morgan fingerprint density at radius 3 is 2.32 bits per heavy atom. The van der Waals surface area contributed by atoms with Crippen molar-refractivity contribution in [3.05, 3.63) is 29.8 Å². The van der Waals surface area contributed by atoms with Crippen LogP contribution in [0.4, 0.5) is 0 Å². The van der Waals surface area contributed by atoms with Gasteiger partial charge in [0.1, 0.15) is 5.75 Å². The van der Waals surface area contributed by atoms with Crippen molar-refractivity contribution in [2.45, 2.75) is 71.1 Å². The fourth-order valence-corrected chi connectivity index (χ4v) is 2.78. The van der Waals surface area contributed by atoms with Crippen LogP contribution in [0.15, 0.2) is 24.3 Å². The van der Waals surface area contributed by atoms with Gasteiger partial charge in [-0.25, -0.2) is 0 Å². The lowest BCUT2D eigenvalue weighted by molar-refractivity contribution is 0.242. The van der Waals surface area contributed by atoms with Gasteiger partial charge in [-0.05, 0) is 51.3 Å². The van der Waals surface area contributed by atoms with Gasteiger partial charge in [-0.2, -0.15) is 0 Å². The molecule has 1 saturated carbocycles. The van der Waals surface area contributed by atoms with Crippen LogP contribution >= 0.6 is 0 Å². The van der Waals surface area contributed by atoms with Crippen LogP contribution in [-0.2, 0) is 6.54 Å². The first-order valence-electron chi connectivity index (χ1n) is 7.58. The molecule has 1 aromatic carbocycles. The summed E-state index contributed by atoms with van der Waals surface area (Å²) in [6.45, 7) is 7.43. The summed E-state index contributed by atoms with van der Waals surface area (Å²) in [7, 11) is 0. The van der Waals surface area contributed by atoms with E-state index in [9.17, 15) is 0 Å². The molecule has 1 fully saturated rings. The molecule has 0 aliphatic heterocycles. The Balaban J connectivity index is 1.85. The molecule has 0 unspecified atom stereocenters. The molecule has 0 amide bonds. The van der Waals surface area contributed by atoms with E-state index in [-0.39, 0.29) is 6.10 Å². The molecule has 1 aliphatic carbocycles. The van der Waals surface area contributed by atoms with Crippen LogP contribution in [0.1, 0.15) is 58.4 Å². The third kappa shape index (κ3) is 4.54. The van der Waals surface area contributed by atoms with Gasteiger partial charge in [-0.3, -0.25) is 0 Å². The Kier molecular flexibility index (Phi) is 4.87. The second kappa shape index (κ2) is 6.42. The number of ether oxygens (including phenoxy) is 1. The first kappa shape index (κ1) is 14.4. The first-order valence-corrected chi connectivity index (χ1v) is 7.58. The van der Waals surface area contributed by atoms with Gasteiger partial charge in [0.2, 0.25) is 0 Å². The average Bonchev–Trinajstić information content (AvgIpc) is 2.38. The van der Waals surface area contributed by atoms with Crippen molar-refractivity contribution in [2.75, 3.05) is 0 Å². The SMILES string of the molecule is CC(C)Oc1ccc(CNC2(C)CCCCC2)cc1. The molecule has 2 heteroatoms. The molecule has 1 aliphatic rings. The summed E-state index contributed by atoms with van der Waals surface area (Å²) in [6, 6.07) is 8.47. The highest BCUT2D eigenvalue weighted by Gasteiger charge is 2.25. The standard InChI is InChI=1S/C17H27NO/c1-14(2)19-16-9-7-15(8-10-16)13-18-17(3)11-5-4-6-12-17/h7-10,14,18H,4-6,11-13H2,1-3H3. The Bertz CT molecular complexity index is 377. The molecule has 106 valence electrons. The number of hydrogen-bond donors (Lipinski definition) is 1. The Hall–Kier alpha value is -1.02. The summed E-state index contributed by atoms with van der Waals surface area (Å²) in [6.07, 6.45) is 6.99. The second-order valence-corrected chi connectivity index (χ2v) is 6.29. The van der Waals surface area contributed by atoms with E-state index in [1.54, 1.807) is 0 Å². The van der Waals surface area contributed by atoms with Gasteiger partial charge >= 0.3 is 0 Å². The molecule has 2 rings (SSSR count). The molecule has 1 N–H and O–H groups in total. The van der Waals surface area contributed by atoms with Crippen LogP contribution in [0.25, 0.3) is 0 Å². The molecule has 0 heterocycles. The molecule has 0 spiro atoms. The zero-order valence-corrected chi connectivity index (χ0v) is 12.5. The predicted molar refractivity (Wildman–Crippen MR) is 80.5 cm³/mol. The van der Waals surface area contributed by atoms with Crippen molar-refractivity contribution in [1.29, 1.82) is 0 Å². The number of nitrogens with one attached hydrogen (secondary N) is 1. The van der Waals surface area contributed by atoms with E-state index in [0.29, 0.717) is 5.54 Å². The smallest absolute Gasteiger partial charge is 0.119 e. The van der Waals surface area contributed by atoms with Gasteiger partial charge in [-0.15, -0.1) is 0 Å². The Labute approximate surface area is 117 Å². The maximum absolute atomic E-state index is 5.66. The lowest BCUT2D eigenvalue weighted by atomic mass is 9.83. The topological polar surface area (TPSA) is 21.3 Å². The van der Waals surface area contributed by atoms with Crippen molar-refractivity contribution in [2.24, 2.45) is 0 Å². The van der Waals surface area contributed by atoms with Crippen molar-refractivity contribution in [3.63, 3.8) is 0 Å². The molecule has 0 saturated heterocycles. The van der Waals surface area contributed by atoms with Crippen molar-refractivity contribution in [1.82, 2.24) is 5.32 Å². The van der Waals surface area contributed by atoms with Crippen molar-refractivity contribution < 1.29 is 4.74 Å². The summed E-state index contributed by atoms with van der Waals surface area (Å²) < 4.78 is 5.66. The van der Waals surface area contributed by atoms with Gasteiger partial charge in [0.15, 0.2) is 0 Å². The molecule has 0 aromatic heterocycles. The zero-order chi connectivity index (χ0) is 13.7. The van der Waals surface area contributed by atoms with Crippen LogP contribution in [0.5, 0.6) is 5.75 Å². The van der Waals surface area contributed by atoms with Gasteiger partial charge in [0.05, 0.1) is 6.10 Å². The van der Waals surface area contributed by atoms with Crippen LogP contribution in [0.3, 0.4) is 0 Å². The maximum Gasteiger partial charge on any atom is 0.119 e. The van der Waals surface area contributed by atoms with Gasteiger partial charge in [-0.1, -0.05) is 31.4 Å². The van der Waals surface area contributed by atoms with Gasteiger partial charge in [0, 0.05) is 12.1 Å². The molecule has 0 atom stereocenters. The first-order chi connectivity index (χ1) is 9.07. The summed E-state index contributed by atoms with van der Waals surface area (Å²) in [4.78, 5) is 0. The molecular weight excluding hydrogens is 234 g/mol. The number of benzene rings is 1. The monoisotopic (exact) mass is 261 g/mol. The molecule has 0 bridgehead atoms. The molecule has 1 aromatic rings. The quantitative estimate of drug-likeness (QED) is 0.854. The molecule has 2 nitrogen and oxygen atoms in total. The van der Waals surface area contributed by atoms with Crippen LogP contribution in [0, 0.1) is 0 Å². The summed E-state index contributed by atoms with van der Waals surface area (Å²) >= 11 is 0. The lowest BCUT2D eigenvalue weighted by Gasteiger charge is -2.34. The molecule has 19 heavy (non-hydrogen) atoms. The lowest BCUT2D eigenvalue weighted by Crippen LogP contribution is -2.43. The minimum Gasteiger partial charge on any atom is -0.491 e. The largest absolute Gasteiger partial charge is 0.491 e. The zero-order valence-electron chi connectivity index (χ0n) is 12.5. The normalized spacial score (nSPS) is 18.5. The van der Waals surface area contributed by atoms with Crippen LogP contribution in [0.2, 0.25) is 0 Å². The Morgan fingerprint density at radius 1 is 1.11 bits per heavy atom. The van der Waals surface area contributed by atoms with E-state index >= 15 is 0 Å². The van der Waals surface area contributed by atoms with E-state index in [0.717, 1.165) is 12.3 Å². The van der Waals surface area contributed by atoms with Crippen molar-refractivity contribution >= 4 is 0 Å². The fourth-order valence-electron chi connectivity index (χ4n) is 2.78. The highest BCUT2D eigenvalue weighted by atomic mass is 16.5. The third-order valence-electron chi connectivity index (χ3n) is 3.97. The van der Waals surface area contributed by atoms with Gasteiger partial charge < -0.3 is 10.1 Å².